The second-order valence-corrected chi connectivity index (χ2v) is 8.59. The van der Waals surface area contributed by atoms with Crippen molar-refractivity contribution >= 4 is 28.3 Å². The summed E-state index contributed by atoms with van der Waals surface area (Å²) < 4.78 is 14.6. The molecule has 7 nitrogen and oxygen atoms in total. The third kappa shape index (κ3) is 4.21. The fourth-order valence-electron chi connectivity index (χ4n) is 4.31. The van der Waals surface area contributed by atoms with Crippen LogP contribution in [0, 0.1) is 0 Å². The van der Waals surface area contributed by atoms with Crippen molar-refractivity contribution in [3.8, 4) is 16.9 Å². The maximum absolute atomic E-state index is 13.0. The second kappa shape index (κ2) is 8.92. The van der Waals surface area contributed by atoms with Crippen LogP contribution in [0.1, 0.15) is 5.56 Å². The molecular weight excluding hydrogens is 440 g/mol. The van der Waals surface area contributed by atoms with Crippen LogP contribution in [0.15, 0.2) is 59.8 Å². The van der Waals surface area contributed by atoms with Crippen LogP contribution in [0.2, 0.25) is 5.02 Å². The Bertz CT molecular complexity index is 1370. The van der Waals surface area contributed by atoms with Gasteiger partial charge in [0.2, 0.25) is 0 Å². The van der Waals surface area contributed by atoms with Crippen molar-refractivity contribution in [2.75, 3.05) is 38.3 Å². The number of fused-ring (bicyclic) bond motifs is 1. The van der Waals surface area contributed by atoms with Gasteiger partial charge in [0, 0.05) is 60.1 Å². The van der Waals surface area contributed by atoms with E-state index in [1.165, 1.54) is 0 Å². The van der Waals surface area contributed by atoms with Crippen molar-refractivity contribution in [1.29, 1.82) is 0 Å². The van der Waals surface area contributed by atoms with Gasteiger partial charge in [-0.1, -0.05) is 17.7 Å². The molecule has 0 amide bonds. The summed E-state index contributed by atoms with van der Waals surface area (Å²) in [6, 6.07) is 11.2. The number of aryl methyl sites for hydroxylation is 1. The predicted octanol–water partition coefficient (Wildman–Crippen LogP) is 3.95. The van der Waals surface area contributed by atoms with E-state index in [-0.39, 0.29) is 5.56 Å². The first-order valence-electron chi connectivity index (χ1n) is 10.8. The van der Waals surface area contributed by atoms with Gasteiger partial charge in [0.05, 0.1) is 38.8 Å². The first kappa shape index (κ1) is 21.6. The maximum atomic E-state index is 13.0. The Labute approximate surface area is 196 Å². The Kier molecular flexibility index (Phi) is 5.83. The highest BCUT2D eigenvalue weighted by Crippen LogP contribution is 2.31. The molecule has 0 N–H and O–H groups in total. The molecule has 0 aliphatic carbocycles. The third-order valence-corrected chi connectivity index (χ3v) is 6.31. The molecule has 4 aromatic rings. The fourth-order valence-corrected chi connectivity index (χ4v) is 4.48. The SMILES string of the molecule is COc1cc(Cl)ccc1Cn1ccc(-c2cn(C)c3ncc(N4CCOCC4)cc23)cc1=O. The van der Waals surface area contributed by atoms with E-state index in [0.717, 1.165) is 59.7 Å². The standard InChI is InChI=1S/C25H25ClN4O3/c1-28-16-22(21-13-20(14-27-25(21)28)29-7-9-33-10-8-29)17-5-6-30(24(31)11-17)15-18-3-4-19(26)12-23(18)32-2/h3-6,11-14,16H,7-10,15H2,1-2H3. The fraction of sp³-hybridized carbons (Fsp3) is 0.280. The van der Waals surface area contributed by atoms with Gasteiger partial charge in [-0.2, -0.15) is 0 Å². The number of benzene rings is 1. The van der Waals surface area contributed by atoms with Crippen molar-refractivity contribution in [3.05, 3.63) is 75.9 Å². The lowest BCUT2D eigenvalue weighted by molar-refractivity contribution is 0.122. The van der Waals surface area contributed by atoms with Gasteiger partial charge in [-0.05, 0) is 29.8 Å². The second-order valence-electron chi connectivity index (χ2n) is 8.16. The minimum Gasteiger partial charge on any atom is -0.496 e. The van der Waals surface area contributed by atoms with E-state index in [1.807, 2.05) is 42.3 Å². The zero-order chi connectivity index (χ0) is 22.9. The Morgan fingerprint density at radius 2 is 1.97 bits per heavy atom. The van der Waals surface area contributed by atoms with E-state index in [0.29, 0.717) is 17.3 Å². The van der Waals surface area contributed by atoms with E-state index in [1.54, 1.807) is 29.9 Å². The smallest absolute Gasteiger partial charge is 0.251 e. The minimum absolute atomic E-state index is 0.0844. The number of aromatic nitrogens is 3. The molecule has 170 valence electrons. The highest BCUT2D eigenvalue weighted by molar-refractivity contribution is 6.30. The molecule has 1 fully saturated rings. The molecule has 4 heterocycles. The number of morpholine rings is 1. The molecule has 3 aromatic heterocycles. The largest absolute Gasteiger partial charge is 0.496 e. The Morgan fingerprint density at radius 3 is 2.73 bits per heavy atom. The number of halogens is 1. The molecule has 1 aliphatic heterocycles. The number of methoxy groups -OCH3 is 1. The summed E-state index contributed by atoms with van der Waals surface area (Å²) >= 11 is 6.06. The lowest BCUT2D eigenvalue weighted by atomic mass is 10.1. The van der Waals surface area contributed by atoms with E-state index < -0.39 is 0 Å². The van der Waals surface area contributed by atoms with Crippen LogP contribution in [0.25, 0.3) is 22.2 Å². The van der Waals surface area contributed by atoms with Crippen molar-refractivity contribution in [2.24, 2.45) is 7.05 Å². The van der Waals surface area contributed by atoms with Gasteiger partial charge in [0.1, 0.15) is 11.4 Å². The Morgan fingerprint density at radius 1 is 1.15 bits per heavy atom. The topological polar surface area (TPSA) is 61.5 Å². The molecule has 8 heteroatoms. The first-order valence-corrected chi connectivity index (χ1v) is 11.2. The summed E-state index contributed by atoms with van der Waals surface area (Å²) in [6.07, 6.45) is 5.76. The summed E-state index contributed by atoms with van der Waals surface area (Å²) in [5.74, 6) is 0.661. The monoisotopic (exact) mass is 464 g/mol. The Balaban J connectivity index is 1.50. The summed E-state index contributed by atoms with van der Waals surface area (Å²) in [4.78, 5) is 20.0. The summed E-state index contributed by atoms with van der Waals surface area (Å²) in [7, 11) is 3.57. The predicted molar refractivity (Wildman–Crippen MR) is 131 cm³/mol. The van der Waals surface area contributed by atoms with Gasteiger partial charge < -0.3 is 23.5 Å². The molecule has 0 radical (unpaired) electrons. The molecule has 33 heavy (non-hydrogen) atoms. The van der Waals surface area contributed by atoms with Gasteiger partial charge in [-0.3, -0.25) is 4.79 Å². The van der Waals surface area contributed by atoms with E-state index in [4.69, 9.17) is 26.1 Å². The average molecular weight is 465 g/mol. The van der Waals surface area contributed by atoms with Gasteiger partial charge in [-0.15, -0.1) is 0 Å². The minimum atomic E-state index is -0.0844. The number of anilines is 1. The summed E-state index contributed by atoms with van der Waals surface area (Å²) in [6.45, 7) is 3.53. The maximum Gasteiger partial charge on any atom is 0.251 e. The third-order valence-electron chi connectivity index (χ3n) is 6.07. The number of hydrogen-bond acceptors (Lipinski definition) is 5. The molecule has 1 aromatic carbocycles. The number of hydrogen-bond donors (Lipinski definition) is 0. The Hall–Kier alpha value is -3.29. The molecule has 0 unspecified atom stereocenters. The first-order chi connectivity index (χ1) is 16.0. The van der Waals surface area contributed by atoms with Crippen molar-refractivity contribution in [2.45, 2.75) is 6.54 Å². The highest BCUT2D eigenvalue weighted by atomic mass is 35.5. The molecule has 1 saturated heterocycles. The molecular formula is C25H25ClN4O3. The van der Waals surface area contributed by atoms with Gasteiger partial charge >= 0.3 is 0 Å². The quantitative estimate of drug-likeness (QED) is 0.447. The summed E-state index contributed by atoms with van der Waals surface area (Å²) in [5.41, 5.74) is 4.62. The van der Waals surface area contributed by atoms with Crippen molar-refractivity contribution < 1.29 is 9.47 Å². The van der Waals surface area contributed by atoms with E-state index in [9.17, 15) is 4.79 Å². The van der Waals surface area contributed by atoms with Gasteiger partial charge in [0.25, 0.3) is 5.56 Å². The van der Waals surface area contributed by atoms with Crippen LogP contribution in [-0.2, 0) is 18.3 Å². The molecule has 0 saturated carbocycles. The van der Waals surface area contributed by atoms with Gasteiger partial charge in [0.15, 0.2) is 0 Å². The van der Waals surface area contributed by atoms with Crippen LogP contribution in [-0.4, -0.2) is 47.5 Å². The number of pyridine rings is 2. The van der Waals surface area contributed by atoms with Crippen molar-refractivity contribution in [1.82, 2.24) is 14.1 Å². The van der Waals surface area contributed by atoms with E-state index in [2.05, 4.69) is 11.0 Å². The highest BCUT2D eigenvalue weighted by Gasteiger charge is 2.16. The van der Waals surface area contributed by atoms with Crippen LogP contribution in [0.4, 0.5) is 5.69 Å². The number of ether oxygens (including phenoxy) is 2. The van der Waals surface area contributed by atoms with E-state index >= 15 is 0 Å². The van der Waals surface area contributed by atoms with Crippen LogP contribution < -0.4 is 15.2 Å². The van der Waals surface area contributed by atoms with Crippen LogP contribution >= 0.6 is 11.6 Å². The molecule has 1 aliphatic rings. The van der Waals surface area contributed by atoms with Crippen LogP contribution in [0.3, 0.4) is 0 Å². The molecule has 0 bridgehead atoms. The average Bonchev–Trinajstić information content (AvgIpc) is 3.17. The lowest BCUT2D eigenvalue weighted by Gasteiger charge is -2.28. The van der Waals surface area contributed by atoms with Gasteiger partial charge in [-0.25, -0.2) is 4.98 Å². The van der Waals surface area contributed by atoms with Crippen molar-refractivity contribution in [3.63, 3.8) is 0 Å². The number of nitrogens with zero attached hydrogens (tertiary/aromatic N) is 4. The molecule has 0 atom stereocenters. The molecule has 0 spiro atoms. The molecule has 5 rings (SSSR count). The lowest BCUT2D eigenvalue weighted by Crippen LogP contribution is -2.36. The zero-order valence-corrected chi connectivity index (χ0v) is 19.4. The summed E-state index contributed by atoms with van der Waals surface area (Å²) in [5, 5.41) is 1.62. The normalized spacial score (nSPS) is 14.1. The zero-order valence-electron chi connectivity index (χ0n) is 18.6. The number of rotatable bonds is 5. The van der Waals surface area contributed by atoms with Crippen LogP contribution in [0.5, 0.6) is 5.75 Å².